The van der Waals surface area contributed by atoms with Gasteiger partial charge in [0.1, 0.15) is 5.75 Å². The number of nitrogens with two attached hydrogens (primary N) is 1. The first kappa shape index (κ1) is 15.6. The van der Waals surface area contributed by atoms with Crippen molar-refractivity contribution in [3.05, 3.63) is 51.1 Å². The van der Waals surface area contributed by atoms with E-state index in [4.69, 9.17) is 5.73 Å². The topological polar surface area (TPSA) is 63.3 Å². The summed E-state index contributed by atoms with van der Waals surface area (Å²) >= 11 is 1.78. The van der Waals surface area contributed by atoms with Crippen molar-refractivity contribution in [3.63, 3.8) is 0 Å². The lowest BCUT2D eigenvalue weighted by molar-refractivity contribution is -0.137. The Morgan fingerprint density at radius 3 is 2.19 bits per heavy atom. The molecule has 3 N–H and O–H groups in total. The zero-order chi connectivity index (χ0) is 15.8. The minimum absolute atomic E-state index is 0.00383. The van der Waals surface area contributed by atoms with Gasteiger partial charge >= 0.3 is 6.18 Å². The Labute approximate surface area is 131 Å². The Hall–Kier alpha value is -1.77. The number of hydrogen-bond acceptors (Lipinski definition) is 2. The van der Waals surface area contributed by atoms with Gasteiger partial charge in [-0.1, -0.05) is 12.1 Å². The second kappa shape index (κ2) is 5.55. The van der Waals surface area contributed by atoms with Gasteiger partial charge in [-0.25, -0.2) is 0 Å². The molecular formula is C14H9F3INO2. The van der Waals surface area contributed by atoms with E-state index in [0.717, 1.165) is 12.1 Å². The number of benzene rings is 2. The van der Waals surface area contributed by atoms with Crippen molar-refractivity contribution in [2.24, 2.45) is 5.73 Å². The van der Waals surface area contributed by atoms with E-state index in [2.05, 4.69) is 0 Å². The summed E-state index contributed by atoms with van der Waals surface area (Å²) in [5.41, 5.74) is 4.70. The molecule has 0 aliphatic carbocycles. The summed E-state index contributed by atoms with van der Waals surface area (Å²) in [4.78, 5) is 11.3. The molecule has 0 aliphatic heterocycles. The maximum Gasteiger partial charge on any atom is 0.416 e. The predicted molar refractivity (Wildman–Crippen MR) is 79.8 cm³/mol. The van der Waals surface area contributed by atoms with Crippen molar-refractivity contribution in [2.75, 3.05) is 0 Å². The third kappa shape index (κ3) is 3.29. The average molecular weight is 407 g/mol. The second-order valence-corrected chi connectivity index (χ2v) is 5.37. The molecule has 0 aliphatic rings. The van der Waals surface area contributed by atoms with Gasteiger partial charge in [-0.2, -0.15) is 13.2 Å². The van der Waals surface area contributed by atoms with E-state index < -0.39 is 17.6 Å². The minimum Gasteiger partial charge on any atom is -0.508 e. The first-order valence-electron chi connectivity index (χ1n) is 5.70. The lowest BCUT2D eigenvalue weighted by Gasteiger charge is -2.14. The summed E-state index contributed by atoms with van der Waals surface area (Å²) in [7, 11) is 0. The number of primary amides is 1. The Morgan fingerprint density at radius 1 is 1.14 bits per heavy atom. The number of rotatable bonds is 2. The third-order valence-corrected chi connectivity index (χ3v) is 4.01. The second-order valence-electron chi connectivity index (χ2n) is 4.29. The summed E-state index contributed by atoms with van der Waals surface area (Å²) in [6, 6.07) is 7.36. The van der Waals surface area contributed by atoms with Crippen LogP contribution >= 0.6 is 22.6 Å². The van der Waals surface area contributed by atoms with Crippen LogP contribution in [-0.4, -0.2) is 11.0 Å². The number of phenols is 1. The van der Waals surface area contributed by atoms with Crippen LogP contribution in [0.25, 0.3) is 11.1 Å². The van der Waals surface area contributed by atoms with Gasteiger partial charge in [0.05, 0.1) is 11.1 Å². The van der Waals surface area contributed by atoms with E-state index in [1.165, 1.54) is 24.3 Å². The highest BCUT2D eigenvalue weighted by molar-refractivity contribution is 14.1. The molecule has 21 heavy (non-hydrogen) atoms. The van der Waals surface area contributed by atoms with Gasteiger partial charge < -0.3 is 10.8 Å². The Bertz CT molecular complexity index is 697. The van der Waals surface area contributed by atoms with Crippen LogP contribution in [0, 0.1) is 3.57 Å². The molecule has 0 atom stereocenters. The Balaban J connectivity index is 2.72. The molecule has 3 nitrogen and oxygen atoms in total. The number of amides is 1. The van der Waals surface area contributed by atoms with E-state index in [1.54, 1.807) is 22.6 Å². The maximum atomic E-state index is 12.9. The molecule has 0 bridgehead atoms. The normalized spacial score (nSPS) is 11.4. The molecule has 2 aromatic rings. The van der Waals surface area contributed by atoms with Crippen molar-refractivity contribution in [1.82, 2.24) is 0 Å². The molecule has 0 saturated heterocycles. The molecule has 0 heterocycles. The van der Waals surface area contributed by atoms with Crippen molar-refractivity contribution in [2.45, 2.75) is 6.18 Å². The van der Waals surface area contributed by atoms with Crippen molar-refractivity contribution in [1.29, 1.82) is 0 Å². The monoisotopic (exact) mass is 407 g/mol. The van der Waals surface area contributed by atoms with E-state index >= 15 is 0 Å². The third-order valence-electron chi connectivity index (χ3n) is 2.84. The summed E-state index contributed by atoms with van der Waals surface area (Å²) in [5, 5.41) is 9.24. The fraction of sp³-hybridized carbons (Fsp3) is 0.0714. The molecule has 0 fully saturated rings. The smallest absolute Gasteiger partial charge is 0.416 e. The van der Waals surface area contributed by atoms with E-state index in [-0.39, 0.29) is 16.9 Å². The van der Waals surface area contributed by atoms with Crippen molar-refractivity contribution >= 4 is 28.5 Å². The van der Waals surface area contributed by atoms with Crippen LogP contribution in [0.1, 0.15) is 15.9 Å². The summed E-state index contributed by atoms with van der Waals surface area (Å²) in [5.74, 6) is -0.929. The molecule has 110 valence electrons. The van der Waals surface area contributed by atoms with Crippen molar-refractivity contribution in [3.8, 4) is 16.9 Å². The highest BCUT2D eigenvalue weighted by atomic mass is 127. The summed E-state index contributed by atoms with van der Waals surface area (Å²) < 4.78 is 39.1. The van der Waals surface area contributed by atoms with E-state index in [1.807, 2.05) is 0 Å². The number of alkyl halides is 3. The first-order chi connectivity index (χ1) is 9.70. The van der Waals surface area contributed by atoms with Crippen LogP contribution in [-0.2, 0) is 6.18 Å². The quantitative estimate of drug-likeness (QED) is 0.745. The number of carbonyl (C=O) groups excluding carboxylic acids is 1. The Morgan fingerprint density at radius 2 is 1.71 bits per heavy atom. The molecular weight excluding hydrogens is 398 g/mol. The summed E-state index contributed by atoms with van der Waals surface area (Å²) in [6.45, 7) is 0. The predicted octanol–water partition coefficient (Wildman–Crippen LogP) is 3.78. The molecule has 0 radical (unpaired) electrons. The lowest BCUT2D eigenvalue weighted by Crippen LogP contribution is -2.16. The number of aromatic hydroxyl groups is 1. The minimum atomic E-state index is -4.58. The fourth-order valence-corrected chi connectivity index (χ4v) is 2.71. The number of hydrogen-bond donors (Lipinski definition) is 2. The van der Waals surface area contributed by atoms with Crippen LogP contribution in [0.2, 0.25) is 0 Å². The molecule has 0 aromatic heterocycles. The zero-order valence-corrected chi connectivity index (χ0v) is 12.6. The Kier molecular flexibility index (Phi) is 4.13. The number of halogens is 4. The molecule has 7 heteroatoms. The van der Waals surface area contributed by atoms with Gasteiger partial charge in [0, 0.05) is 3.57 Å². The van der Waals surface area contributed by atoms with Crippen LogP contribution < -0.4 is 5.73 Å². The zero-order valence-electron chi connectivity index (χ0n) is 10.4. The van der Waals surface area contributed by atoms with Gasteiger partial charge in [0.15, 0.2) is 0 Å². The number of carbonyl (C=O) groups is 1. The van der Waals surface area contributed by atoms with Gasteiger partial charge in [-0.15, -0.1) is 0 Å². The lowest BCUT2D eigenvalue weighted by atomic mass is 9.99. The average Bonchev–Trinajstić information content (AvgIpc) is 2.38. The van der Waals surface area contributed by atoms with E-state index in [0.29, 0.717) is 9.13 Å². The first-order valence-corrected chi connectivity index (χ1v) is 6.78. The molecule has 2 aromatic carbocycles. The number of phenolic OH excluding ortho intramolecular Hbond substituents is 1. The maximum absolute atomic E-state index is 12.9. The van der Waals surface area contributed by atoms with Gasteiger partial charge in [-0.05, 0) is 58.0 Å². The molecule has 0 spiro atoms. The van der Waals surface area contributed by atoms with Crippen LogP contribution in [0.4, 0.5) is 13.2 Å². The van der Waals surface area contributed by atoms with Crippen LogP contribution in [0.5, 0.6) is 5.75 Å². The van der Waals surface area contributed by atoms with Gasteiger partial charge in [0.2, 0.25) is 5.91 Å². The highest BCUT2D eigenvalue weighted by Crippen LogP contribution is 2.36. The molecule has 2 rings (SSSR count). The summed E-state index contributed by atoms with van der Waals surface area (Å²) in [6.07, 6.45) is -4.58. The van der Waals surface area contributed by atoms with Crippen LogP contribution in [0.3, 0.4) is 0 Å². The fourth-order valence-electron chi connectivity index (χ4n) is 1.82. The largest absolute Gasteiger partial charge is 0.508 e. The van der Waals surface area contributed by atoms with Crippen molar-refractivity contribution < 1.29 is 23.1 Å². The SMILES string of the molecule is NC(=O)c1cc(C(F)(F)F)cc(-c2ccc(O)cc2)c1I. The van der Waals surface area contributed by atoms with E-state index in [9.17, 15) is 23.1 Å². The highest BCUT2D eigenvalue weighted by Gasteiger charge is 2.32. The van der Waals surface area contributed by atoms with Gasteiger partial charge in [-0.3, -0.25) is 4.79 Å². The molecule has 0 saturated carbocycles. The molecule has 0 unspecified atom stereocenters. The standard InChI is InChI=1S/C14H9F3INO2/c15-14(16,17)8-5-10(7-1-3-9(20)4-2-7)12(18)11(6-8)13(19)21/h1-6,20H,(H2,19,21). The van der Waals surface area contributed by atoms with Gasteiger partial charge in [0.25, 0.3) is 0 Å². The molecule has 1 amide bonds. The van der Waals surface area contributed by atoms with Crippen LogP contribution in [0.15, 0.2) is 36.4 Å².